The third-order valence-corrected chi connectivity index (χ3v) is 3.80. The molecule has 0 aromatic carbocycles. The highest BCUT2D eigenvalue weighted by atomic mass is 32.2. The number of nitrogens with one attached hydrogen (secondary N) is 1. The summed E-state index contributed by atoms with van der Waals surface area (Å²) in [6.45, 7) is 4.50. The Hall–Kier alpha value is -0.420. The Morgan fingerprint density at radius 2 is 2.31 bits per heavy atom. The second-order valence-electron chi connectivity index (χ2n) is 4.37. The van der Waals surface area contributed by atoms with Gasteiger partial charge >= 0.3 is 6.03 Å². The van der Waals surface area contributed by atoms with Gasteiger partial charge in [0.2, 0.25) is 0 Å². The fourth-order valence-electron chi connectivity index (χ4n) is 1.92. The molecule has 1 aliphatic rings. The number of carbonyl (C=O) groups is 1. The van der Waals surface area contributed by atoms with Crippen LogP contribution < -0.4 is 5.32 Å². The third-order valence-electron chi connectivity index (χ3n) is 2.60. The van der Waals surface area contributed by atoms with Crippen LogP contribution in [0.3, 0.4) is 0 Å². The number of urea groups is 1. The smallest absolute Gasteiger partial charge is 0.317 e. The SMILES string of the molecule is CCNC(=O)N1CCCSCC1CN(C)C. The van der Waals surface area contributed by atoms with Crippen molar-refractivity contribution in [3.05, 3.63) is 0 Å². The molecule has 1 atom stereocenters. The van der Waals surface area contributed by atoms with Crippen molar-refractivity contribution in [3.63, 3.8) is 0 Å². The van der Waals surface area contributed by atoms with Crippen molar-refractivity contribution in [2.75, 3.05) is 45.2 Å². The van der Waals surface area contributed by atoms with E-state index < -0.39 is 0 Å². The Bertz CT molecular complexity index is 223. The van der Waals surface area contributed by atoms with E-state index in [1.807, 2.05) is 23.6 Å². The lowest BCUT2D eigenvalue weighted by Gasteiger charge is -2.31. The van der Waals surface area contributed by atoms with E-state index in [1.54, 1.807) is 0 Å². The maximum Gasteiger partial charge on any atom is 0.317 e. The Balaban J connectivity index is 2.61. The normalized spacial score (nSPS) is 22.0. The third kappa shape index (κ3) is 4.22. The van der Waals surface area contributed by atoms with Gasteiger partial charge < -0.3 is 15.1 Å². The average molecular weight is 245 g/mol. The van der Waals surface area contributed by atoms with Gasteiger partial charge in [0.15, 0.2) is 0 Å². The molecule has 1 unspecified atom stereocenters. The van der Waals surface area contributed by atoms with Gasteiger partial charge in [0, 0.05) is 25.4 Å². The zero-order chi connectivity index (χ0) is 12.0. The molecule has 1 saturated heterocycles. The van der Waals surface area contributed by atoms with Crippen LogP contribution in [0.25, 0.3) is 0 Å². The van der Waals surface area contributed by atoms with E-state index in [0.717, 1.165) is 25.3 Å². The second kappa shape index (κ2) is 7.01. The van der Waals surface area contributed by atoms with Crippen LogP contribution in [0, 0.1) is 0 Å². The molecule has 1 N–H and O–H groups in total. The molecule has 16 heavy (non-hydrogen) atoms. The highest BCUT2D eigenvalue weighted by Crippen LogP contribution is 2.16. The summed E-state index contributed by atoms with van der Waals surface area (Å²) in [6, 6.07) is 0.436. The van der Waals surface area contributed by atoms with Crippen LogP contribution >= 0.6 is 11.8 Å². The highest BCUT2D eigenvalue weighted by molar-refractivity contribution is 7.99. The molecule has 0 aromatic heterocycles. The minimum Gasteiger partial charge on any atom is -0.338 e. The van der Waals surface area contributed by atoms with Crippen molar-refractivity contribution >= 4 is 17.8 Å². The molecule has 1 aliphatic heterocycles. The van der Waals surface area contributed by atoms with Gasteiger partial charge in [0.1, 0.15) is 0 Å². The Morgan fingerprint density at radius 1 is 1.56 bits per heavy atom. The summed E-state index contributed by atoms with van der Waals surface area (Å²) >= 11 is 1.96. The number of amides is 2. The van der Waals surface area contributed by atoms with Crippen LogP contribution in [-0.4, -0.2) is 67.1 Å². The lowest BCUT2D eigenvalue weighted by Crippen LogP contribution is -2.50. The van der Waals surface area contributed by atoms with E-state index in [2.05, 4.69) is 24.3 Å². The molecule has 1 rings (SSSR count). The maximum absolute atomic E-state index is 11.9. The van der Waals surface area contributed by atoms with E-state index in [4.69, 9.17) is 0 Å². The predicted molar refractivity (Wildman–Crippen MR) is 70.1 cm³/mol. The van der Waals surface area contributed by atoms with Gasteiger partial charge in [-0.1, -0.05) is 0 Å². The minimum atomic E-state index is 0.0943. The molecule has 0 aliphatic carbocycles. The van der Waals surface area contributed by atoms with Crippen LogP contribution in [-0.2, 0) is 0 Å². The van der Waals surface area contributed by atoms with Gasteiger partial charge in [0.25, 0.3) is 0 Å². The number of carbonyl (C=O) groups excluding carboxylic acids is 1. The fourth-order valence-corrected chi connectivity index (χ4v) is 2.98. The molecule has 0 aromatic rings. The second-order valence-corrected chi connectivity index (χ2v) is 5.52. The average Bonchev–Trinajstić information content (AvgIpc) is 2.43. The van der Waals surface area contributed by atoms with Crippen molar-refractivity contribution in [2.24, 2.45) is 0 Å². The van der Waals surface area contributed by atoms with Crippen LogP contribution in [0.1, 0.15) is 13.3 Å². The number of rotatable bonds is 3. The van der Waals surface area contributed by atoms with Gasteiger partial charge in [-0.25, -0.2) is 4.79 Å². The van der Waals surface area contributed by atoms with Gasteiger partial charge in [0.05, 0.1) is 6.04 Å². The first kappa shape index (κ1) is 13.6. The molecule has 0 radical (unpaired) electrons. The number of nitrogens with zero attached hydrogens (tertiary/aromatic N) is 2. The number of thioether (sulfide) groups is 1. The summed E-state index contributed by atoms with van der Waals surface area (Å²) in [6.07, 6.45) is 1.10. The Morgan fingerprint density at radius 3 is 2.94 bits per heavy atom. The standard InChI is InChI=1S/C11H23N3OS/c1-4-12-11(15)14-6-5-7-16-9-10(14)8-13(2)3/h10H,4-9H2,1-3H3,(H,12,15). The zero-order valence-corrected chi connectivity index (χ0v) is 11.3. The number of hydrogen-bond acceptors (Lipinski definition) is 3. The maximum atomic E-state index is 11.9. The lowest BCUT2D eigenvalue weighted by molar-refractivity contribution is 0.169. The predicted octanol–water partition coefficient (Wildman–Crippen LogP) is 1.09. The van der Waals surface area contributed by atoms with E-state index >= 15 is 0 Å². The lowest BCUT2D eigenvalue weighted by atomic mass is 10.2. The van der Waals surface area contributed by atoms with Crippen molar-refractivity contribution in [1.82, 2.24) is 15.1 Å². The van der Waals surface area contributed by atoms with Gasteiger partial charge in [-0.05, 0) is 33.2 Å². The van der Waals surface area contributed by atoms with Crippen LogP contribution in [0.5, 0.6) is 0 Å². The Kier molecular flexibility index (Phi) is 5.98. The first-order chi connectivity index (χ1) is 7.65. The van der Waals surface area contributed by atoms with Gasteiger partial charge in [-0.2, -0.15) is 11.8 Å². The monoisotopic (exact) mass is 245 g/mol. The summed E-state index contributed by atoms with van der Waals surface area (Å²) < 4.78 is 0. The number of hydrogen-bond donors (Lipinski definition) is 1. The van der Waals surface area contributed by atoms with Crippen LogP contribution in [0.15, 0.2) is 0 Å². The number of likely N-dealkylation sites (N-methyl/N-ethyl adjacent to an activating group) is 1. The molecular formula is C11H23N3OS. The molecule has 5 heteroatoms. The molecule has 0 bridgehead atoms. The van der Waals surface area contributed by atoms with E-state index in [1.165, 1.54) is 5.75 Å². The van der Waals surface area contributed by atoms with E-state index in [-0.39, 0.29) is 6.03 Å². The van der Waals surface area contributed by atoms with Crippen molar-refractivity contribution in [3.8, 4) is 0 Å². The molecule has 2 amide bonds. The molecule has 94 valence electrons. The Labute approximate surface area is 103 Å². The van der Waals surface area contributed by atoms with Crippen LogP contribution in [0.4, 0.5) is 4.79 Å². The first-order valence-electron chi connectivity index (χ1n) is 5.92. The summed E-state index contributed by atoms with van der Waals surface area (Å²) in [5.74, 6) is 2.22. The molecule has 1 heterocycles. The fraction of sp³-hybridized carbons (Fsp3) is 0.909. The first-order valence-corrected chi connectivity index (χ1v) is 7.07. The van der Waals surface area contributed by atoms with E-state index in [0.29, 0.717) is 12.6 Å². The quantitative estimate of drug-likeness (QED) is 0.808. The topological polar surface area (TPSA) is 35.6 Å². The van der Waals surface area contributed by atoms with Gasteiger partial charge in [-0.15, -0.1) is 0 Å². The minimum absolute atomic E-state index is 0.0943. The summed E-state index contributed by atoms with van der Waals surface area (Å²) in [5.41, 5.74) is 0. The van der Waals surface area contributed by atoms with Crippen molar-refractivity contribution < 1.29 is 4.79 Å². The van der Waals surface area contributed by atoms with Crippen molar-refractivity contribution in [2.45, 2.75) is 19.4 Å². The summed E-state index contributed by atoms with van der Waals surface area (Å²) in [4.78, 5) is 16.1. The molecule has 4 nitrogen and oxygen atoms in total. The molecular weight excluding hydrogens is 222 g/mol. The summed E-state index contributed by atoms with van der Waals surface area (Å²) in [5, 5.41) is 2.91. The largest absolute Gasteiger partial charge is 0.338 e. The molecule has 1 fully saturated rings. The van der Waals surface area contributed by atoms with E-state index in [9.17, 15) is 4.79 Å². The van der Waals surface area contributed by atoms with Crippen LogP contribution in [0.2, 0.25) is 0 Å². The van der Waals surface area contributed by atoms with Gasteiger partial charge in [-0.3, -0.25) is 0 Å². The zero-order valence-electron chi connectivity index (χ0n) is 10.5. The summed E-state index contributed by atoms with van der Waals surface area (Å²) in [7, 11) is 4.12. The molecule has 0 spiro atoms. The van der Waals surface area contributed by atoms with Crippen molar-refractivity contribution in [1.29, 1.82) is 0 Å². The molecule has 0 saturated carbocycles. The highest BCUT2D eigenvalue weighted by Gasteiger charge is 2.25.